The molecule has 1 aliphatic carbocycles. The molecule has 0 radical (unpaired) electrons. The van der Waals surface area contributed by atoms with Gasteiger partial charge < -0.3 is 9.90 Å². The highest BCUT2D eigenvalue weighted by Gasteiger charge is 2.39. The first kappa shape index (κ1) is 12.0. The van der Waals surface area contributed by atoms with Crippen LogP contribution in [0.3, 0.4) is 0 Å². The fourth-order valence-electron chi connectivity index (χ4n) is 2.37. The highest BCUT2D eigenvalue weighted by Crippen LogP contribution is 2.32. The molecule has 0 heterocycles. The van der Waals surface area contributed by atoms with Crippen molar-refractivity contribution in [3.8, 4) is 0 Å². The summed E-state index contributed by atoms with van der Waals surface area (Å²) < 4.78 is 0. The van der Waals surface area contributed by atoms with Gasteiger partial charge in [-0.25, -0.2) is 4.79 Å². The second-order valence-electron chi connectivity index (χ2n) is 5.12. The molecule has 0 bridgehead atoms. The lowest BCUT2D eigenvalue weighted by atomic mass is 9.97. The van der Waals surface area contributed by atoms with E-state index in [1.165, 1.54) is 4.90 Å². The van der Waals surface area contributed by atoms with Crippen LogP contribution in [0.5, 0.6) is 0 Å². The smallest absolute Gasteiger partial charge is 0.408 e. The molecular weight excluding hydrogens is 194 g/mol. The molecule has 0 aromatic rings. The van der Waals surface area contributed by atoms with Gasteiger partial charge in [-0.1, -0.05) is 6.42 Å². The SMILES string of the molecule is CC(C)(C)N(C(=O)O)[C@H]1CCC[C@H]1C=O. The maximum absolute atomic E-state index is 11.2. The van der Waals surface area contributed by atoms with Gasteiger partial charge in [-0.2, -0.15) is 0 Å². The molecule has 0 aromatic carbocycles. The van der Waals surface area contributed by atoms with Crippen LogP contribution in [0.4, 0.5) is 4.79 Å². The minimum atomic E-state index is -0.929. The van der Waals surface area contributed by atoms with Gasteiger partial charge in [0.25, 0.3) is 0 Å². The van der Waals surface area contributed by atoms with Crippen LogP contribution < -0.4 is 0 Å². The fourth-order valence-corrected chi connectivity index (χ4v) is 2.37. The van der Waals surface area contributed by atoms with Crippen molar-refractivity contribution in [1.82, 2.24) is 4.90 Å². The first-order chi connectivity index (χ1) is 6.88. The second-order valence-corrected chi connectivity index (χ2v) is 5.12. The quantitative estimate of drug-likeness (QED) is 0.715. The predicted molar refractivity (Wildman–Crippen MR) is 56.8 cm³/mol. The molecule has 15 heavy (non-hydrogen) atoms. The number of aldehydes is 1. The van der Waals surface area contributed by atoms with Gasteiger partial charge >= 0.3 is 6.09 Å². The predicted octanol–water partition coefficient (Wildman–Crippen LogP) is 2.13. The average molecular weight is 213 g/mol. The van der Waals surface area contributed by atoms with Crippen molar-refractivity contribution in [3.63, 3.8) is 0 Å². The molecule has 1 amide bonds. The number of carboxylic acid groups (broad SMARTS) is 1. The number of hydrogen-bond acceptors (Lipinski definition) is 2. The van der Waals surface area contributed by atoms with E-state index in [1.54, 1.807) is 0 Å². The third-order valence-electron chi connectivity index (χ3n) is 2.97. The molecule has 1 saturated carbocycles. The van der Waals surface area contributed by atoms with Crippen LogP contribution in [0.2, 0.25) is 0 Å². The molecule has 1 N–H and O–H groups in total. The summed E-state index contributed by atoms with van der Waals surface area (Å²) in [5, 5.41) is 9.19. The zero-order chi connectivity index (χ0) is 11.6. The van der Waals surface area contributed by atoms with E-state index in [2.05, 4.69) is 0 Å². The molecule has 0 aromatic heterocycles. The Hall–Kier alpha value is -1.06. The fraction of sp³-hybridized carbons (Fsp3) is 0.818. The van der Waals surface area contributed by atoms with Gasteiger partial charge in [0.15, 0.2) is 0 Å². The molecular formula is C11H19NO3. The van der Waals surface area contributed by atoms with E-state index >= 15 is 0 Å². The molecule has 0 unspecified atom stereocenters. The Balaban J connectivity index is 2.89. The number of carbonyl (C=O) groups is 2. The van der Waals surface area contributed by atoms with Gasteiger partial charge in [-0.3, -0.25) is 4.90 Å². The first-order valence-corrected chi connectivity index (χ1v) is 5.35. The molecule has 0 spiro atoms. The van der Waals surface area contributed by atoms with Crippen molar-refractivity contribution in [3.05, 3.63) is 0 Å². The number of rotatable bonds is 2. The molecule has 4 nitrogen and oxygen atoms in total. The normalized spacial score (nSPS) is 26.3. The highest BCUT2D eigenvalue weighted by molar-refractivity contribution is 5.68. The largest absolute Gasteiger partial charge is 0.465 e. The third kappa shape index (κ3) is 2.49. The van der Waals surface area contributed by atoms with E-state index < -0.39 is 11.6 Å². The maximum atomic E-state index is 11.2. The minimum absolute atomic E-state index is 0.125. The van der Waals surface area contributed by atoms with Crippen molar-refractivity contribution in [1.29, 1.82) is 0 Å². The van der Waals surface area contributed by atoms with Crippen LogP contribution in [-0.2, 0) is 4.79 Å². The Morgan fingerprint density at radius 3 is 2.40 bits per heavy atom. The second kappa shape index (κ2) is 4.21. The van der Waals surface area contributed by atoms with E-state index in [-0.39, 0.29) is 12.0 Å². The molecule has 1 fully saturated rings. The summed E-state index contributed by atoms with van der Waals surface area (Å²) in [6.45, 7) is 5.59. The Morgan fingerprint density at radius 1 is 1.40 bits per heavy atom. The van der Waals surface area contributed by atoms with Crippen LogP contribution in [-0.4, -0.2) is 34.0 Å². The molecule has 2 atom stereocenters. The number of amides is 1. The minimum Gasteiger partial charge on any atom is -0.465 e. The summed E-state index contributed by atoms with van der Waals surface area (Å²) in [5.74, 6) is -0.125. The highest BCUT2D eigenvalue weighted by atomic mass is 16.4. The lowest BCUT2D eigenvalue weighted by Crippen LogP contribution is -2.52. The lowest BCUT2D eigenvalue weighted by molar-refractivity contribution is -0.112. The summed E-state index contributed by atoms with van der Waals surface area (Å²) >= 11 is 0. The number of hydrogen-bond donors (Lipinski definition) is 1. The molecule has 0 aliphatic heterocycles. The van der Waals surface area contributed by atoms with Gasteiger partial charge in [0.2, 0.25) is 0 Å². The van der Waals surface area contributed by atoms with Gasteiger partial charge in [0.05, 0.1) is 0 Å². The Kier molecular flexibility index (Phi) is 3.37. The van der Waals surface area contributed by atoms with E-state index in [1.807, 2.05) is 20.8 Å². The standard InChI is InChI=1S/C11H19NO3/c1-11(2,3)12(10(14)15)9-6-4-5-8(9)7-13/h7-9H,4-6H2,1-3H3,(H,14,15)/t8-,9-/m0/s1. The van der Waals surface area contributed by atoms with E-state index in [0.29, 0.717) is 0 Å². The molecule has 0 saturated heterocycles. The summed E-state index contributed by atoms with van der Waals surface area (Å²) in [6.07, 6.45) is 2.52. The van der Waals surface area contributed by atoms with Crippen LogP contribution >= 0.6 is 0 Å². The van der Waals surface area contributed by atoms with Crippen molar-refractivity contribution in [2.75, 3.05) is 0 Å². The van der Waals surface area contributed by atoms with Crippen molar-refractivity contribution in [2.45, 2.75) is 51.6 Å². The Labute approximate surface area is 90.3 Å². The molecule has 86 valence electrons. The maximum Gasteiger partial charge on any atom is 0.408 e. The zero-order valence-corrected chi connectivity index (χ0v) is 9.56. The van der Waals surface area contributed by atoms with Crippen LogP contribution in [0.1, 0.15) is 40.0 Å². The van der Waals surface area contributed by atoms with Crippen LogP contribution in [0.25, 0.3) is 0 Å². The third-order valence-corrected chi connectivity index (χ3v) is 2.97. The molecule has 1 rings (SSSR count). The van der Waals surface area contributed by atoms with Gasteiger partial charge in [0, 0.05) is 17.5 Å². The number of nitrogens with zero attached hydrogens (tertiary/aromatic N) is 1. The topological polar surface area (TPSA) is 57.6 Å². The van der Waals surface area contributed by atoms with Crippen LogP contribution in [0, 0.1) is 5.92 Å². The number of carbonyl (C=O) groups excluding carboxylic acids is 1. The summed E-state index contributed by atoms with van der Waals surface area (Å²) in [4.78, 5) is 23.5. The first-order valence-electron chi connectivity index (χ1n) is 5.35. The Morgan fingerprint density at radius 2 is 2.00 bits per heavy atom. The summed E-state index contributed by atoms with van der Waals surface area (Å²) in [5.41, 5.74) is -0.442. The summed E-state index contributed by atoms with van der Waals surface area (Å²) in [6, 6.07) is -0.139. The average Bonchev–Trinajstić information content (AvgIpc) is 2.48. The van der Waals surface area contributed by atoms with Crippen molar-refractivity contribution < 1.29 is 14.7 Å². The monoisotopic (exact) mass is 213 g/mol. The molecule has 4 heteroatoms. The summed E-state index contributed by atoms with van der Waals surface area (Å²) in [7, 11) is 0. The Bertz CT molecular complexity index is 257. The zero-order valence-electron chi connectivity index (χ0n) is 9.56. The molecule has 1 aliphatic rings. The van der Waals surface area contributed by atoms with Crippen molar-refractivity contribution in [2.24, 2.45) is 5.92 Å². The van der Waals surface area contributed by atoms with Gasteiger partial charge in [0.1, 0.15) is 6.29 Å². The van der Waals surface area contributed by atoms with E-state index in [0.717, 1.165) is 25.5 Å². The van der Waals surface area contributed by atoms with Gasteiger partial charge in [-0.15, -0.1) is 0 Å². The van der Waals surface area contributed by atoms with Gasteiger partial charge in [-0.05, 0) is 33.6 Å². The van der Waals surface area contributed by atoms with Crippen molar-refractivity contribution >= 4 is 12.4 Å². The lowest BCUT2D eigenvalue weighted by Gasteiger charge is -2.39. The van der Waals surface area contributed by atoms with E-state index in [4.69, 9.17) is 0 Å². The van der Waals surface area contributed by atoms with E-state index in [9.17, 15) is 14.7 Å². The van der Waals surface area contributed by atoms with Crippen LogP contribution in [0.15, 0.2) is 0 Å².